The molecule has 0 saturated carbocycles. The Morgan fingerprint density at radius 2 is 1.65 bits per heavy atom. The van der Waals surface area contributed by atoms with E-state index in [1.807, 2.05) is 54.0 Å². The van der Waals surface area contributed by atoms with Gasteiger partial charge in [-0.3, -0.25) is 4.79 Å². The van der Waals surface area contributed by atoms with E-state index >= 15 is 0 Å². The minimum absolute atomic E-state index is 0.154. The van der Waals surface area contributed by atoms with Gasteiger partial charge in [0.05, 0.1) is 5.71 Å². The molecule has 1 fully saturated rings. The Labute approximate surface area is 210 Å². The number of nitrogens with zero attached hydrogens (tertiary/aromatic N) is 1. The molecule has 5 rings (SSSR count). The van der Waals surface area contributed by atoms with Gasteiger partial charge in [-0.25, -0.2) is 20.1 Å². The summed E-state index contributed by atoms with van der Waals surface area (Å²) in [6.45, 7) is -0.801. The SMILES string of the molecule is O=C(NOC1(O)COC(C(=O)O)C(O)C1O)c1ccc(C2=Nc3ccccc3Oc3ccccc32)cc1. The average molecular weight is 506 g/mol. The maximum Gasteiger partial charge on any atom is 0.335 e. The van der Waals surface area contributed by atoms with Crippen LogP contribution in [0.15, 0.2) is 77.8 Å². The molecule has 2 heterocycles. The molecule has 1 amide bonds. The number of aliphatic imine (C=N–C) groups is 1. The van der Waals surface area contributed by atoms with Crippen LogP contribution in [0.25, 0.3) is 0 Å². The lowest BCUT2D eigenvalue weighted by Crippen LogP contribution is -2.65. The minimum Gasteiger partial charge on any atom is -0.479 e. The third kappa shape index (κ3) is 4.69. The first kappa shape index (κ1) is 24.6. The van der Waals surface area contributed by atoms with Gasteiger partial charge >= 0.3 is 5.97 Å². The summed E-state index contributed by atoms with van der Waals surface area (Å²) >= 11 is 0. The first-order valence-electron chi connectivity index (χ1n) is 11.2. The molecule has 190 valence electrons. The van der Waals surface area contributed by atoms with Gasteiger partial charge < -0.3 is 29.9 Å². The van der Waals surface area contributed by atoms with Crippen molar-refractivity contribution in [1.29, 1.82) is 0 Å². The molecule has 0 radical (unpaired) electrons. The van der Waals surface area contributed by atoms with Crippen molar-refractivity contribution >= 4 is 23.3 Å². The summed E-state index contributed by atoms with van der Waals surface area (Å²) in [6, 6.07) is 21.3. The van der Waals surface area contributed by atoms with Crippen molar-refractivity contribution in [3.63, 3.8) is 0 Å². The number of benzene rings is 3. The molecule has 0 bridgehead atoms. The quantitative estimate of drug-likeness (QED) is 0.199. The van der Waals surface area contributed by atoms with Gasteiger partial charge in [-0.05, 0) is 36.4 Å². The van der Waals surface area contributed by atoms with Gasteiger partial charge in [-0.2, -0.15) is 0 Å². The van der Waals surface area contributed by atoms with Crippen molar-refractivity contribution in [2.24, 2.45) is 4.99 Å². The highest BCUT2D eigenvalue weighted by Crippen LogP contribution is 2.38. The van der Waals surface area contributed by atoms with Crippen LogP contribution >= 0.6 is 0 Å². The average Bonchev–Trinajstić information content (AvgIpc) is 3.07. The van der Waals surface area contributed by atoms with Crippen LogP contribution in [0.3, 0.4) is 0 Å². The number of hydroxylamine groups is 1. The van der Waals surface area contributed by atoms with Gasteiger partial charge in [0.2, 0.25) is 5.79 Å². The number of aliphatic carboxylic acids is 1. The number of fused-ring (bicyclic) bond motifs is 2. The number of carboxylic acid groups (broad SMARTS) is 1. The van der Waals surface area contributed by atoms with Crippen molar-refractivity contribution in [3.05, 3.63) is 89.5 Å². The predicted molar refractivity (Wildman–Crippen MR) is 128 cm³/mol. The maximum absolute atomic E-state index is 12.6. The number of carboxylic acids is 1. The second-order valence-corrected chi connectivity index (χ2v) is 8.49. The van der Waals surface area contributed by atoms with Crippen LogP contribution in [0, 0.1) is 0 Å². The van der Waals surface area contributed by atoms with Gasteiger partial charge in [-0.15, -0.1) is 0 Å². The van der Waals surface area contributed by atoms with Crippen molar-refractivity contribution in [2.45, 2.75) is 24.1 Å². The Bertz CT molecular complexity index is 1370. The molecular formula is C26H22N2O9. The fraction of sp³-hybridized carbons (Fsp3) is 0.192. The second kappa shape index (κ2) is 9.73. The summed E-state index contributed by atoms with van der Waals surface area (Å²) in [5.41, 5.74) is 4.93. The second-order valence-electron chi connectivity index (χ2n) is 8.49. The highest BCUT2D eigenvalue weighted by Gasteiger charge is 2.52. The van der Waals surface area contributed by atoms with Gasteiger partial charge in [-0.1, -0.05) is 36.4 Å². The molecule has 1 saturated heterocycles. The molecule has 0 aliphatic carbocycles. The van der Waals surface area contributed by atoms with E-state index in [4.69, 9.17) is 24.4 Å². The van der Waals surface area contributed by atoms with E-state index < -0.39 is 42.6 Å². The van der Waals surface area contributed by atoms with Crippen LogP contribution in [0.2, 0.25) is 0 Å². The zero-order chi connectivity index (χ0) is 26.2. The molecule has 2 aliphatic rings. The van der Waals surface area contributed by atoms with E-state index in [1.165, 1.54) is 12.1 Å². The summed E-state index contributed by atoms with van der Waals surface area (Å²) in [4.78, 5) is 33.4. The summed E-state index contributed by atoms with van der Waals surface area (Å²) in [5.74, 6) is -3.60. The number of amides is 1. The van der Waals surface area contributed by atoms with Crippen LogP contribution < -0.4 is 10.2 Å². The zero-order valence-electron chi connectivity index (χ0n) is 19.1. The lowest BCUT2D eigenvalue weighted by atomic mass is 9.97. The van der Waals surface area contributed by atoms with Crippen molar-refractivity contribution in [3.8, 4) is 11.5 Å². The van der Waals surface area contributed by atoms with Gasteiger partial charge in [0.25, 0.3) is 5.91 Å². The molecule has 0 aromatic heterocycles. The monoisotopic (exact) mass is 506 g/mol. The minimum atomic E-state index is -2.56. The van der Waals surface area contributed by atoms with E-state index in [2.05, 4.69) is 0 Å². The molecule has 4 atom stereocenters. The highest BCUT2D eigenvalue weighted by atomic mass is 16.8. The number of ether oxygens (including phenoxy) is 2. The number of rotatable bonds is 5. The Morgan fingerprint density at radius 1 is 0.973 bits per heavy atom. The lowest BCUT2D eigenvalue weighted by molar-refractivity contribution is -0.344. The van der Waals surface area contributed by atoms with E-state index in [0.717, 1.165) is 5.56 Å². The first-order chi connectivity index (χ1) is 17.8. The molecule has 3 aromatic rings. The largest absolute Gasteiger partial charge is 0.479 e. The number of aliphatic hydroxyl groups is 3. The Hall–Kier alpha value is -4.13. The van der Waals surface area contributed by atoms with Gasteiger partial charge in [0.1, 0.15) is 30.3 Å². The summed E-state index contributed by atoms with van der Waals surface area (Å²) < 4.78 is 10.9. The van der Waals surface area contributed by atoms with E-state index in [-0.39, 0.29) is 5.56 Å². The van der Waals surface area contributed by atoms with Crippen LogP contribution in [0.1, 0.15) is 21.5 Å². The third-order valence-electron chi connectivity index (χ3n) is 6.01. The molecule has 11 heteroatoms. The van der Waals surface area contributed by atoms with Crippen LogP contribution in [0.5, 0.6) is 11.5 Å². The Kier molecular flexibility index (Phi) is 6.46. The van der Waals surface area contributed by atoms with Gasteiger partial charge in [0, 0.05) is 16.7 Å². The molecule has 4 unspecified atom stereocenters. The smallest absolute Gasteiger partial charge is 0.335 e. The third-order valence-corrected chi connectivity index (χ3v) is 6.01. The first-order valence-corrected chi connectivity index (χ1v) is 11.2. The molecule has 5 N–H and O–H groups in total. The Morgan fingerprint density at radius 3 is 2.38 bits per heavy atom. The summed E-state index contributed by atoms with van der Waals surface area (Å²) in [6.07, 6.45) is -5.79. The van der Waals surface area contributed by atoms with Crippen LogP contribution in [-0.2, 0) is 14.4 Å². The standard InChI is InChI=1S/C26H22N2O9/c29-21-22(25(32)33)35-13-26(34,23(21)30)37-28-24(31)15-11-9-14(10-12-15)20-16-5-1-3-7-18(16)36-19-8-4-2-6-17(19)27-20/h1-12,21-23,29-30,34H,13H2,(H,28,31)(H,32,33). The fourth-order valence-corrected chi connectivity index (χ4v) is 4.01. The van der Waals surface area contributed by atoms with Crippen molar-refractivity contribution in [2.75, 3.05) is 6.61 Å². The predicted octanol–water partition coefficient (Wildman–Crippen LogP) is 1.52. The zero-order valence-corrected chi connectivity index (χ0v) is 19.1. The molecule has 11 nitrogen and oxygen atoms in total. The van der Waals surface area contributed by atoms with Crippen LogP contribution in [-0.4, -0.2) is 68.7 Å². The topological polar surface area (TPSA) is 167 Å². The Balaban J connectivity index is 1.33. The maximum atomic E-state index is 12.6. The molecule has 2 aliphatic heterocycles. The van der Waals surface area contributed by atoms with Crippen molar-refractivity contribution in [1.82, 2.24) is 5.48 Å². The molecule has 0 spiro atoms. The van der Waals surface area contributed by atoms with Crippen molar-refractivity contribution < 1.29 is 44.3 Å². The normalized spacial score (nSPS) is 24.5. The molecular weight excluding hydrogens is 484 g/mol. The van der Waals surface area contributed by atoms with Gasteiger partial charge in [0.15, 0.2) is 11.9 Å². The number of nitrogens with one attached hydrogen (secondary N) is 1. The number of para-hydroxylation sites is 3. The van der Waals surface area contributed by atoms with E-state index in [0.29, 0.717) is 28.5 Å². The number of carbonyl (C=O) groups is 2. The number of carbonyl (C=O) groups excluding carboxylic acids is 1. The number of hydrogen-bond acceptors (Lipinski definition) is 9. The molecule has 37 heavy (non-hydrogen) atoms. The highest BCUT2D eigenvalue weighted by molar-refractivity contribution is 6.16. The molecule has 3 aromatic carbocycles. The number of hydrogen-bond donors (Lipinski definition) is 5. The number of aliphatic hydroxyl groups excluding tert-OH is 2. The van der Waals surface area contributed by atoms with Crippen LogP contribution in [0.4, 0.5) is 5.69 Å². The summed E-state index contributed by atoms with van der Waals surface area (Å²) in [7, 11) is 0. The lowest BCUT2D eigenvalue weighted by Gasteiger charge is -2.40. The fourth-order valence-electron chi connectivity index (χ4n) is 4.01. The van der Waals surface area contributed by atoms with E-state index in [1.54, 1.807) is 12.1 Å². The summed E-state index contributed by atoms with van der Waals surface area (Å²) in [5, 5.41) is 39.4. The van der Waals surface area contributed by atoms with E-state index in [9.17, 15) is 24.9 Å².